The average Bonchev–Trinajstić information content (AvgIpc) is 2.71. The van der Waals surface area contributed by atoms with Gasteiger partial charge in [-0.05, 0) is 31.2 Å². The zero-order valence-electron chi connectivity index (χ0n) is 16.1. The molecule has 0 saturated heterocycles. The summed E-state index contributed by atoms with van der Waals surface area (Å²) in [6.07, 6.45) is -6.72. The van der Waals surface area contributed by atoms with E-state index in [1.54, 1.807) is 0 Å². The number of amidine groups is 1. The van der Waals surface area contributed by atoms with E-state index in [-0.39, 0.29) is 17.9 Å². The number of aliphatic imine (C=N–C) groups is 1. The van der Waals surface area contributed by atoms with E-state index in [1.165, 1.54) is 32.4 Å². The maximum Gasteiger partial charge on any atom is 0.416 e. The molecule has 2 rings (SSSR count). The molecule has 0 saturated carbocycles. The molecule has 13 heteroatoms. The van der Waals surface area contributed by atoms with Gasteiger partial charge in [0, 0.05) is 25.0 Å². The Kier molecular flexibility index (Phi) is 6.98. The smallest absolute Gasteiger partial charge is 0.332 e. The molecule has 1 aromatic heterocycles. The van der Waals surface area contributed by atoms with Crippen LogP contribution in [0.4, 0.5) is 32.3 Å². The van der Waals surface area contributed by atoms with Crippen LogP contribution in [0.5, 0.6) is 0 Å². The van der Waals surface area contributed by atoms with Crippen molar-refractivity contribution in [1.29, 1.82) is 5.41 Å². The molecule has 0 aliphatic rings. The summed E-state index contributed by atoms with van der Waals surface area (Å²) >= 11 is 0. The highest BCUT2D eigenvalue weighted by Gasteiger charge is 2.38. The molecule has 2 aromatic rings. The molecule has 2 N–H and O–H groups in total. The van der Waals surface area contributed by atoms with Gasteiger partial charge in [0.2, 0.25) is 5.95 Å². The molecule has 0 fully saturated rings. The Hall–Kier alpha value is -3.51. The highest BCUT2D eigenvalue weighted by molar-refractivity contribution is 6.05. The number of anilines is 1. The Labute approximate surface area is 172 Å². The molecule has 0 spiro atoms. The maximum atomic E-state index is 13.1. The van der Waals surface area contributed by atoms with Crippen LogP contribution in [-0.2, 0) is 12.4 Å². The van der Waals surface area contributed by atoms with Gasteiger partial charge in [0.15, 0.2) is 0 Å². The number of halogens is 6. The molecule has 0 bridgehead atoms. The van der Waals surface area contributed by atoms with Crippen molar-refractivity contribution in [2.45, 2.75) is 25.3 Å². The second-order valence-corrected chi connectivity index (χ2v) is 6.23. The minimum Gasteiger partial charge on any atom is -0.332 e. The summed E-state index contributed by atoms with van der Waals surface area (Å²) in [7, 11) is 1.17. The van der Waals surface area contributed by atoms with Gasteiger partial charge in [0.1, 0.15) is 12.2 Å². The number of carbonyl (C=O) groups is 1. The normalized spacial score (nSPS) is 13.5. The first-order chi connectivity index (χ1) is 14.3. The van der Waals surface area contributed by atoms with Crippen LogP contribution in [0.15, 0.2) is 41.7 Å². The summed E-state index contributed by atoms with van der Waals surface area (Å²) in [5, 5.41) is 9.81. The van der Waals surface area contributed by atoms with Gasteiger partial charge in [0.05, 0.1) is 17.2 Å². The lowest BCUT2D eigenvalue weighted by Gasteiger charge is -2.27. The second-order valence-electron chi connectivity index (χ2n) is 6.23. The van der Waals surface area contributed by atoms with Gasteiger partial charge in [0.25, 0.3) is 5.91 Å². The summed E-state index contributed by atoms with van der Waals surface area (Å²) in [5.74, 6) is -1.08. The van der Waals surface area contributed by atoms with Crippen molar-refractivity contribution in [2.75, 3.05) is 12.4 Å². The highest BCUT2D eigenvalue weighted by atomic mass is 19.4. The number of nitrogens with one attached hydrogen (secondary N) is 2. The van der Waals surface area contributed by atoms with Crippen molar-refractivity contribution < 1.29 is 31.1 Å². The summed E-state index contributed by atoms with van der Waals surface area (Å²) in [4.78, 5) is 25.1. The summed E-state index contributed by atoms with van der Waals surface area (Å²) in [5.41, 5.74) is -4.01. The molecular weight excluding hydrogens is 430 g/mol. The maximum absolute atomic E-state index is 13.1. The fraction of sp³-hybridized carbons (Fsp3) is 0.278. The Morgan fingerprint density at radius 1 is 1.10 bits per heavy atom. The van der Waals surface area contributed by atoms with E-state index < -0.39 is 41.0 Å². The monoisotopic (exact) mass is 446 g/mol. The fourth-order valence-corrected chi connectivity index (χ4v) is 2.43. The Morgan fingerprint density at radius 3 is 2.06 bits per heavy atom. The van der Waals surface area contributed by atoms with Crippen LogP contribution in [-0.4, -0.2) is 46.0 Å². The second kappa shape index (κ2) is 9.10. The van der Waals surface area contributed by atoms with Gasteiger partial charge in [-0.1, -0.05) is 0 Å². The molecule has 0 aliphatic carbocycles. The Morgan fingerprint density at radius 2 is 1.61 bits per heavy atom. The Balaban J connectivity index is 2.40. The summed E-state index contributed by atoms with van der Waals surface area (Å²) in [6.45, 7) is 1.41. The van der Waals surface area contributed by atoms with Crippen molar-refractivity contribution in [3.63, 3.8) is 0 Å². The van der Waals surface area contributed by atoms with Crippen molar-refractivity contribution >= 4 is 24.0 Å². The molecule has 1 heterocycles. The van der Waals surface area contributed by atoms with E-state index in [2.05, 4.69) is 20.3 Å². The van der Waals surface area contributed by atoms with Crippen molar-refractivity contribution in [1.82, 2.24) is 14.9 Å². The summed E-state index contributed by atoms with van der Waals surface area (Å²) in [6, 6.07) is 1.19. The lowest BCUT2D eigenvalue weighted by molar-refractivity contribution is -0.143. The first kappa shape index (κ1) is 23.8. The highest BCUT2D eigenvalue weighted by Crippen LogP contribution is 2.36. The lowest BCUT2D eigenvalue weighted by atomic mass is 10.0. The van der Waals surface area contributed by atoms with Crippen LogP contribution >= 0.6 is 0 Å². The van der Waals surface area contributed by atoms with Crippen LogP contribution in [0.25, 0.3) is 0 Å². The molecule has 166 valence electrons. The molecular formula is C18H16F6N6O. The summed E-state index contributed by atoms with van der Waals surface area (Å²) < 4.78 is 78.4. The molecule has 0 aliphatic heterocycles. The van der Waals surface area contributed by atoms with Crippen LogP contribution in [0, 0.1) is 5.41 Å². The van der Waals surface area contributed by atoms with Crippen LogP contribution < -0.4 is 5.32 Å². The Bertz CT molecular complexity index is 941. The number of alkyl halides is 6. The largest absolute Gasteiger partial charge is 0.416 e. The number of aromatic nitrogens is 2. The number of hydrogen-bond donors (Lipinski definition) is 2. The van der Waals surface area contributed by atoms with E-state index in [0.29, 0.717) is 18.5 Å². The number of carbonyl (C=O) groups excluding carboxylic acids is 1. The quantitative estimate of drug-likeness (QED) is 0.411. The number of amides is 1. The SMILES string of the molecule is CC(/C(=N/C=N)Nc1ncccn1)N(C)C(=O)c1cc(C(F)(F)F)cc(C(F)(F)F)c1. The van der Waals surface area contributed by atoms with Gasteiger partial charge in [-0.2, -0.15) is 26.3 Å². The number of benzene rings is 1. The zero-order valence-corrected chi connectivity index (χ0v) is 16.1. The molecule has 1 aromatic carbocycles. The zero-order chi connectivity index (χ0) is 23.4. The predicted molar refractivity (Wildman–Crippen MR) is 99.9 cm³/mol. The minimum atomic E-state index is -5.08. The molecule has 1 amide bonds. The molecule has 0 radical (unpaired) electrons. The molecule has 7 nitrogen and oxygen atoms in total. The van der Waals surface area contributed by atoms with Crippen LogP contribution in [0.2, 0.25) is 0 Å². The van der Waals surface area contributed by atoms with E-state index in [0.717, 1.165) is 4.90 Å². The first-order valence-corrected chi connectivity index (χ1v) is 8.52. The van der Waals surface area contributed by atoms with Gasteiger partial charge < -0.3 is 10.2 Å². The van der Waals surface area contributed by atoms with E-state index in [1.807, 2.05) is 0 Å². The third-order valence-electron chi connectivity index (χ3n) is 4.14. The van der Waals surface area contributed by atoms with E-state index in [4.69, 9.17) is 5.41 Å². The van der Waals surface area contributed by atoms with E-state index in [9.17, 15) is 31.1 Å². The van der Waals surface area contributed by atoms with Crippen molar-refractivity contribution in [3.05, 3.63) is 53.3 Å². The molecule has 1 unspecified atom stereocenters. The van der Waals surface area contributed by atoms with Gasteiger partial charge in [-0.15, -0.1) is 0 Å². The minimum absolute atomic E-state index is 0.0277. The van der Waals surface area contributed by atoms with Gasteiger partial charge >= 0.3 is 12.4 Å². The predicted octanol–water partition coefficient (Wildman–Crippen LogP) is 4.09. The third-order valence-corrected chi connectivity index (χ3v) is 4.14. The number of hydrogen-bond acceptors (Lipinski definition) is 4. The third kappa shape index (κ3) is 5.99. The van der Waals surface area contributed by atoms with E-state index >= 15 is 0 Å². The average molecular weight is 446 g/mol. The van der Waals surface area contributed by atoms with Crippen LogP contribution in [0.3, 0.4) is 0 Å². The van der Waals surface area contributed by atoms with Crippen molar-refractivity contribution in [3.8, 4) is 0 Å². The van der Waals surface area contributed by atoms with Crippen molar-refractivity contribution in [2.24, 2.45) is 4.99 Å². The number of likely N-dealkylation sites (N-methyl/N-ethyl adjacent to an activating group) is 1. The molecule has 31 heavy (non-hydrogen) atoms. The van der Waals surface area contributed by atoms with Gasteiger partial charge in [-0.3, -0.25) is 10.2 Å². The fourth-order valence-electron chi connectivity index (χ4n) is 2.43. The van der Waals surface area contributed by atoms with Gasteiger partial charge in [-0.25, -0.2) is 15.0 Å². The van der Waals surface area contributed by atoms with Crippen LogP contribution in [0.1, 0.15) is 28.4 Å². The molecule has 1 atom stereocenters. The first-order valence-electron chi connectivity index (χ1n) is 8.52. The topological polar surface area (TPSA) is 94.3 Å². The standard InChI is InChI=1S/C18H16F6N6O/c1-10(14(28-9-25)29-16-26-4-3-5-27-16)30(2)15(31)11-6-12(17(19,20)21)8-13(7-11)18(22,23)24/h3-10H,1-2H3,(H2,25,26,27,28,29). The lowest BCUT2D eigenvalue weighted by Crippen LogP contribution is -2.43. The number of nitrogens with zero attached hydrogens (tertiary/aromatic N) is 4. The number of rotatable bonds is 5.